The number of rotatable bonds is 4. The number of carbonyl (C=O) groups is 3. The molecule has 7 atom stereocenters. The first-order valence-electron chi connectivity index (χ1n) is 10.9. The summed E-state index contributed by atoms with van der Waals surface area (Å²) >= 11 is 0. The zero-order valence-electron chi connectivity index (χ0n) is 17.5. The molecule has 2 saturated carbocycles. The average molecular weight is 431 g/mol. The molecule has 31 heavy (non-hydrogen) atoms. The lowest BCUT2D eigenvalue weighted by molar-refractivity contribution is -0.168. The molecule has 0 radical (unpaired) electrons. The molecule has 168 valence electrons. The van der Waals surface area contributed by atoms with Gasteiger partial charge in [-0.15, -0.1) is 0 Å². The average Bonchev–Trinajstić information content (AvgIpc) is 2.70. The summed E-state index contributed by atoms with van der Waals surface area (Å²) in [5.74, 6) is -7.21. The molecular formula is C23H29NO7. The summed E-state index contributed by atoms with van der Waals surface area (Å²) in [6, 6.07) is 0. The summed E-state index contributed by atoms with van der Waals surface area (Å²) in [5.41, 5.74) is 4.62. The number of amides is 1. The second-order valence-electron chi connectivity index (χ2n) is 9.26. The number of fused-ring (bicyclic) bond motifs is 3. The van der Waals surface area contributed by atoms with Crippen molar-refractivity contribution in [1.29, 1.82) is 0 Å². The van der Waals surface area contributed by atoms with Crippen LogP contribution in [0.5, 0.6) is 0 Å². The maximum Gasteiger partial charge on any atom is 0.230 e. The normalized spacial score (nSPS) is 39.9. The number of allylic oxidation sites excluding steroid dienone is 3. The van der Waals surface area contributed by atoms with Crippen LogP contribution in [0.2, 0.25) is 0 Å². The van der Waals surface area contributed by atoms with Crippen LogP contribution >= 0.6 is 0 Å². The molecule has 0 bridgehead atoms. The molecule has 4 aliphatic rings. The van der Waals surface area contributed by atoms with Crippen molar-refractivity contribution < 1.29 is 34.8 Å². The third-order valence-electron chi connectivity index (χ3n) is 7.50. The van der Waals surface area contributed by atoms with Gasteiger partial charge in [-0.25, -0.2) is 0 Å². The summed E-state index contributed by atoms with van der Waals surface area (Å²) in [4.78, 5) is 38.1. The smallest absolute Gasteiger partial charge is 0.230 e. The van der Waals surface area contributed by atoms with Crippen LogP contribution < -0.4 is 5.73 Å². The molecule has 0 aromatic heterocycles. The predicted molar refractivity (Wildman–Crippen MR) is 109 cm³/mol. The van der Waals surface area contributed by atoms with Crippen molar-refractivity contribution in [3.8, 4) is 0 Å². The number of ketones is 2. The van der Waals surface area contributed by atoms with E-state index >= 15 is 0 Å². The first-order valence-corrected chi connectivity index (χ1v) is 10.9. The van der Waals surface area contributed by atoms with Crippen molar-refractivity contribution in [1.82, 2.24) is 0 Å². The number of unbranched alkanes of at least 4 members (excludes halogenated alkanes) is 1. The van der Waals surface area contributed by atoms with Crippen LogP contribution in [0.4, 0.5) is 0 Å². The fourth-order valence-electron chi connectivity index (χ4n) is 5.92. The number of Topliss-reactive ketones (excluding diaryl/α,β-unsaturated/α-hetero) is 2. The highest BCUT2D eigenvalue weighted by atomic mass is 16.3. The monoisotopic (exact) mass is 431 g/mol. The minimum atomic E-state index is -2.44. The van der Waals surface area contributed by atoms with E-state index in [-0.39, 0.29) is 18.4 Å². The molecule has 8 nitrogen and oxygen atoms in total. The van der Waals surface area contributed by atoms with Gasteiger partial charge in [0.25, 0.3) is 0 Å². The number of carbonyl (C=O) groups excluding carboxylic acids is 3. The molecule has 0 aromatic carbocycles. The Balaban J connectivity index is 1.80. The summed E-state index contributed by atoms with van der Waals surface area (Å²) in [6.45, 7) is 2.07. The van der Waals surface area contributed by atoms with Crippen LogP contribution in [0.3, 0.4) is 0 Å². The van der Waals surface area contributed by atoms with E-state index in [1.807, 2.05) is 6.08 Å². The summed E-state index contributed by atoms with van der Waals surface area (Å²) in [5, 5.41) is 43.1. The van der Waals surface area contributed by atoms with E-state index in [4.69, 9.17) is 5.73 Å². The molecule has 6 N–H and O–H groups in total. The Morgan fingerprint density at radius 2 is 1.97 bits per heavy atom. The van der Waals surface area contributed by atoms with Crippen molar-refractivity contribution in [2.75, 3.05) is 0 Å². The van der Waals surface area contributed by atoms with Gasteiger partial charge in [0.2, 0.25) is 5.91 Å². The fourth-order valence-corrected chi connectivity index (χ4v) is 5.92. The van der Waals surface area contributed by atoms with Crippen LogP contribution in [-0.2, 0) is 14.4 Å². The minimum absolute atomic E-state index is 0.0512. The third-order valence-corrected chi connectivity index (χ3v) is 7.50. The molecule has 2 fully saturated rings. The van der Waals surface area contributed by atoms with Gasteiger partial charge in [0.15, 0.2) is 17.2 Å². The summed E-state index contributed by atoms with van der Waals surface area (Å²) < 4.78 is 0. The van der Waals surface area contributed by atoms with Gasteiger partial charge in [0, 0.05) is 11.5 Å². The number of aliphatic hydroxyl groups excluding tert-OH is 3. The Hall–Kier alpha value is -2.29. The molecule has 4 rings (SSSR count). The van der Waals surface area contributed by atoms with Gasteiger partial charge in [0.1, 0.15) is 11.7 Å². The molecule has 0 heterocycles. The molecular weight excluding hydrogens is 402 g/mol. The first-order chi connectivity index (χ1) is 14.6. The molecule has 1 amide bonds. The molecule has 0 spiro atoms. The van der Waals surface area contributed by atoms with Crippen LogP contribution in [0.15, 0.2) is 34.6 Å². The quantitative estimate of drug-likeness (QED) is 0.408. The Morgan fingerprint density at radius 3 is 2.61 bits per heavy atom. The van der Waals surface area contributed by atoms with Crippen LogP contribution in [-0.4, -0.2) is 55.7 Å². The topological polar surface area (TPSA) is 158 Å². The van der Waals surface area contributed by atoms with Crippen molar-refractivity contribution in [3.63, 3.8) is 0 Å². The van der Waals surface area contributed by atoms with E-state index in [1.54, 1.807) is 6.08 Å². The summed E-state index contributed by atoms with van der Waals surface area (Å²) in [6.07, 6.45) is 4.26. The van der Waals surface area contributed by atoms with E-state index in [0.717, 1.165) is 30.4 Å². The Kier molecular flexibility index (Phi) is 5.44. The zero-order valence-corrected chi connectivity index (χ0v) is 17.5. The van der Waals surface area contributed by atoms with Gasteiger partial charge in [-0.05, 0) is 43.6 Å². The zero-order chi connectivity index (χ0) is 22.7. The number of hydrogen-bond acceptors (Lipinski definition) is 7. The van der Waals surface area contributed by atoms with E-state index in [9.17, 15) is 34.8 Å². The van der Waals surface area contributed by atoms with E-state index in [2.05, 4.69) is 6.92 Å². The molecule has 4 unspecified atom stereocenters. The number of nitrogens with two attached hydrogens (primary N) is 1. The second-order valence-corrected chi connectivity index (χ2v) is 9.26. The lowest BCUT2D eigenvalue weighted by Crippen LogP contribution is -2.63. The molecule has 0 saturated heterocycles. The fraction of sp³-hybridized carbons (Fsp3) is 0.609. The number of hydrogen-bond donors (Lipinski definition) is 5. The lowest BCUT2D eigenvalue weighted by atomic mass is 9.56. The van der Waals surface area contributed by atoms with E-state index < -0.39 is 64.7 Å². The van der Waals surface area contributed by atoms with Gasteiger partial charge in [-0.1, -0.05) is 31.1 Å². The van der Waals surface area contributed by atoms with Crippen molar-refractivity contribution in [2.24, 2.45) is 29.4 Å². The van der Waals surface area contributed by atoms with Gasteiger partial charge in [-0.2, -0.15) is 0 Å². The number of aliphatic hydroxyl groups is 4. The lowest BCUT2D eigenvalue weighted by Gasteiger charge is -2.50. The van der Waals surface area contributed by atoms with Crippen molar-refractivity contribution >= 4 is 17.5 Å². The molecule has 8 heteroatoms. The van der Waals surface area contributed by atoms with Crippen LogP contribution in [0, 0.1) is 23.7 Å². The highest BCUT2D eigenvalue weighted by Crippen LogP contribution is 2.53. The minimum Gasteiger partial charge on any atom is -0.508 e. The largest absolute Gasteiger partial charge is 0.508 e. The standard InChI is InChI=1S/C23H29NO7/c1-2-3-4-10-5-6-14(25)17-13(10)8-11-7-12-9-15(26)18(22(24)30)21(29)23(12,31)20(28)16(11)19(17)27/h5-6,11-12,14-15,17-18,25-26,28,31H,2-4,7-9H2,1H3,(H2,24,30)/t11-,12+,14?,15?,17?,18?,23+/m1/s1. The third kappa shape index (κ3) is 3.11. The first kappa shape index (κ1) is 21.9. The highest BCUT2D eigenvalue weighted by Gasteiger charge is 2.62. The van der Waals surface area contributed by atoms with Gasteiger partial charge in [0.05, 0.1) is 18.1 Å². The Bertz CT molecular complexity index is 932. The van der Waals surface area contributed by atoms with Gasteiger partial charge < -0.3 is 26.2 Å². The maximum atomic E-state index is 13.4. The maximum absolute atomic E-state index is 13.4. The van der Waals surface area contributed by atoms with Crippen LogP contribution in [0.25, 0.3) is 0 Å². The van der Waals surface area contributed by atoms with E-state index in [0.29, 0.717) is 6.42 Å². The highest BCUT2D eigenvalue weighted by molar-refractivity contribution is 6.10. The summed E-state index contributed by atoms with van der Waals surface area (Å²) in [7, 11) is 0. The van der Waals surface area contributed by atoms with Gasteiger partial charge >= 0.3 is 0 Å². The van der Waals surface area contributed by atoms with Crippen LogP contribution in [0.1, 0.15) is 45.4 Å². The number of primary amides is 1. The SMILES string of the molecule is CCCCC1=C2C[C@H]3C[C@H]4CC(O)C(C(N)=O)C(=O)[C@@]4(O)C(O)=C3C(=O)C2C(O)C=C1. The predicted octanol–water partition coefficient (Wildman–Crippen LogP) is 0.607. The Labute approximate surface area is 180 Å². The Morgan fingerprint density at radius 1 is 1.26 bits per heavy atom. The second kappa shape index (κ2) is 7.69. The van der Waals surface area contributed by atoms with Crippen molar-refractivity contribution in [3.05, 3.63) is 34.6 Å². The molecule has 4 aliphatic carbocycles. The van der Waals surface area contributed by atoms with E-state index in [1.165, 1.54) is 0 Å². The van der Waals surface area contributed by atoms with Crippen molar-refractivity contribution in [2.45, 2.75) is 63.3 Å². The van der Waals surface area contributed by atoms with Gasteiger partial charge in [-0.3, -0.25) is 14.4 Å². The molecule has 0 aliphatic heterocycles. The molecule has 0 aromatic rings.